The zero-order valence-electron chi connectivity index (χ0n) is 10.2. The van der Waals surface area contributed by atoms with E-state index in [2.05, 4.69) is 15.9 Å². The van der Waals surface area contributed by atoms with Gasteiger partial charge in [0, 0.05) is 15.1 Å². The molecule has 3 heteroatoms. The average molecular weight is 326 g/mol. The van der Waals surface area contributed by atoms with E-state index in [0.29, 0.717) is 5.02 Å². The summed E-state index contributed by atoms with van der Waals surface area (Å²) in [5.74, 6) is 0. The van der Waals surface area contributed by atoms with Crippen LogP contribution < -0.4 is 0 Å². The zero-order valence-corrected chi connectivity index (χ0v) is 12.6. The van der Waals surface area contributed by atoms with Crippen LogP contribution in [0.4, 0.5) is 0 Å². The third-order valence-corrected chi connectivity index (χ3v) is 3.94. The van der Waals surface area contributed by atoms with Crippen LogP contribution in [0.2, 0.25) is 5.02 Å². The SMILES string of the molecule is Cc1ccc(C)c(C(O)c2cc(Cl)ccc2Br)c1. The lowest BCUT2D eigenvalue weighted by Crippen LogP contribution is -2.03. The van der Waals surface area contributed by atoms with Crippen LogP contribution in [0.25, 0.3) is 0 Å². The van der Waals surface area contributed by atoms with Crippen LogP contribution in [0.5, 0.6) is 0 Å². The van der Waals surface area contributed by atoms with E-state index in [1.165, 1.54) is 0 Å². The second-order valence-corrected chi connectivity index (χ2v) is 5.72. The molecular formula is C15H14BrClO. The van der Waals surface area contributed by atoms with Gasteiger partial charge in [0.05, 0.1) is 0 Å². The Bertz CT molecular complexity index is 529. The molecule has 1 atom stereocenters. The monoisotopic (exact) mass is 324 g/mol. The largest absolute Gasteiger partial charge is 0.384 e. The summed E-state index contributed by atoms with van der Waals surface area (Å²) in [7, 11) is 0. The van der Waals surface area contributed by atoms with Crippen molar-refractivity contribution in [3.05, 3.63) is 68.1 Å². The van der Waals surface area contributed by atoms with Gasteiger partial charge in [0.25, 0.3) is 0 Å². The summed E-state index contributed by atoms with van der Waals surface area (Å²) in [6.07, 6.45) is -0.669. The number of aliphatic hydroxyl groups is 1. The molecule has 0 amide bonds. The smallest absolute Gasteiger partial charge is 0.105 e. The maximum Gasteiger partial charge on any atom is 0.105 e. The van der Waals surface area contributed by atoms with Gasteiger partial charge in [-0.1, -0.05) is 51.3 Å². The Morgan fingerprint density at radius 2 is 1.78 bits per heavy atom. The maximum atomic E-state index is 10.5. The lowest BCUT2D eigenvalue weighted by atomic mass is 9.96. The van der Waals surface area contributed by atoms with Crippen LogP contribution in [0.15, 0.2) is 40.9 Å². The first kappa shape index (κ1) is 13.6. The first-order valence-corrected chi connectivity index (χ1v) is 6.86. The third-order valence-electron chi connectivity index (χ3n) is 2.98. The molecule has 0 aromatic heterocycles. The quantitative estimate of drug-likeness (QED) is 0.841. The highest BCUT2D eigenvalue weighted by molar-refractivity contribution is 9.10. The Balaban J connectivity index is 2.50. The molecule has 2 rings (SSSR count). The lowest BCUT2D eigenvalue weighted by molar-refractivity contribution is 0.218. The van der Waals surface area contributed by atoms with Crippen LogP contribution >= 0.6 is 27.5 Å². The van der Waals surface area contributed by atoms with Crippen molar-refractivity contribution in [2.45, 2.75) is 20.0 Å². The Morgan fingerprint density at radius 3 is 2.50 bits per heavy atom. The van der Waals surface area contributed by atoms with Gasteiger partial charge in [-0.2, -0.15) is 0 Å². The molecular weight excluding hydrogens is 312 g/mol. The normalized spacial score (nSPS) is 12.5. The summed E-state index contributed by atoms with van der Waals surface area (Å²) < 4.78 is 0.861. The van der Waals surface area contributed by atoms with Gasteiger partial charge in [0.1, 0.15) is 6.10 Å². The third kappa shape index (κ3) is 2.77. The van der Waals surface area contributed by atoms with Crippen LogP contribution in [-0.2, 0) is 0 Å². The number of hydrogen-bond donors (Lipinski definition) is 1. The van der Waals surface area contributed by atoms with Crippen molar-refractivity contribution < 1.29 is 5.11 Å². The highest BCUT2D eigenvalue weighted by Crippen LogP contribution is 2.32. The van der Waals surface area contributed by atoms with Crippen molar-refractivity contribution in [3.8, 4) is 0 Å². The van der Waals surface area contributed by atoms with Crippen molar-refractivity contribution in [2.75, 3.05) is 0 Å². The second-order valence-electron chi connectivity index (χ2n) is 4.43. The van der Waals surface area contributed by atoms with Crippen molar-refractivity contribution >= 4 is 27.5 Å². The molecule has 94 valence electrons. The van der Waals surface area contributed by atoms with Gasteiger partial charge in [-0.3, -0.25) is 0 Å². The molecule has 2 aromatic rings. The van der Waals surface area contributed by atoms with Crippen LogP contribution in [0, 0.1) is 13.8 Å². The first-order chi connectivity index (χ1) is 8.49. The standard InChI is InChI=1S/C15H14BrClO/c1-9-3-4-10(2)12(7-9)15(18)13-8-11(17)5-6-14(13)16/h3-8,15,18H,1-2H3. The Kier molecular flexibility index (Phi) is 4.10. The highest BCUT2D eigenvalue weighted by Gasteiger charge is 2.16. The topological polar surface area (TPSA) is 20.2 Å². The number of aryl methyl sites for hydroxylation is 2. The predicted molar refractivity (Wildman–Crippen MR) is 79.1 cm³/mol. The van der Waals surface area contributed by atoms with Crippen LogP contribution in [0.3, 0.4) is 0 Å². The van der Waals surface area contributed by atoms with E-state index in [1.54, 1.807) is 12.1 Å². The molecule has 1 N–H and O–H groups in total. The van der Waals surface area contributed by atoms with Gasteiger partial charge < -0.3 is 5.11 Å². The fourth-order valence-electron chi connectivity index (χ4n) is 1.95. The van der Waals surface area contributed by atoms with Crippen molar-refractivity contribution in [1.29, 1.82) is 0 Å². The molecule has 0 aliphatic heterocycles. The number of aliphatic hydroxyl groups excluding tert-OH is 1. The highest BCUT2D eigenvalue weighted by atomic mass is 79.9. The molecule has 0 heterocycles. The number of halogens is 2. The molecule has 0 radical (unpaired) electrons. The molecule has 0 saturated heterocycles. The minimum Gasteiger partial charge on any atom is -0.384 e. The Labute approximate surface area is 121 Å². The van der Waals surface area contributed by atoms with Crippen LogP contribution in [-0.4, -0.2) is 5.11 Å². The van der Waals surface area contributed by atoms with E-state index in [1.807, 2.05) is 38.1 Å². The van der Waals surface area contributed by atoms with E-state index < -0.39 is 6.10 Å². The van der Waals surface area contributed by atoms with Crippen molar-refractivity contribution in [1.82, 2.24) is 0 Å². The fraction of sp³-hybridized carbons (Fsp3) is 0.200. The van der Waals surface area contributed by atoms with Gasteiger partial charge >= 0.3 is 0 Å². The molecule has 1 unspecified atom stereocenters. The van der Waals surface area contributed by atoms with Gasteiger partial charge in [0.2, 0.25) is 0 Å². The van der Waals surface area contributed by atoms with E-state index in [9.17, 15) is 5.11 Å². The van der Waals surface area contributed by atoms with Crippen LogP contribution in [0.1, 0.15) is 28.4 Å². The predicted octanol–water partition coefficient (Wildman–Crippen LogP) is 4.80. The van der Waals surface area contributed by atoms with E-state index in [0.717, 1.165) is 26.7 Å². The van der Waals surface area contributed by atoms with Crippen molar-refractivity contribution in [2.24, 2.45) is 0 Å². The zero-order chi connectivity index (χ0) is 13.3. The first-order valence-electron chi connectivity index (χ1n) is 5.69. The number of rotatable bonds is 2. The van der Waals surface area contributed by atoms with Gasteiger partial charge in [-0.25, -0.2) is 0 Å². The molecule has 0 spiro atoms. The molecule has 0 aliphatic carbocycles. The summed E-state index contributed by atoms with van der Waals surface area (Å²) in [6, 6.07) is 11.5. The molecule has 0 fully saturated rings. The fourth-order valence-corrected chi connectivity index (χ4v) is 2.59. The van der Waals surface area contributed by atoms with Gasteiger partial charge in [-0.15, -0.1) is 0 Å². The lowest BCUT2D eigenvalue weighted by Gasteiger charge is -2.16. The summed E-state index contributed by atoms with van der Waals surface area (Å²) in [6.45, 7) is 4.01. The van der Waals surface area contributed by atoms with E-state index in [-0.39, 0.29) is 0 Å². The molecule has 18 heavy (non-hydrogen) atoms. The minimum absolute atomic E-state index is 0.623. The summed E-state index contributed by atoms with van der Waals surface area (Å²) in [5, 5.41) is 11.1. The van der Waals surface area contributed by atoms with Gasteiger partial charge in [0.15, 0.2) is 0 Å². The molecule has 0 bridgehead atoms. The average Bonchev–Trinajstić information content (AvgIpc) is 2.34. The number of hydrogen-bond acceptors (Lipinski definition) is 1. The second kappa shape index (κ2) is 5.43. The van der Waals surface area contributed by atoms with Gasteiger partial charge in [-0.05, 0) is 43.2 Å². The Hall–Kier alpha value is -0.830. The van der Waals surface area contributed by atoms with E-state index in [4.69, 9.17) is 11.6 Å². The summed E-state index contributed by atoms with van der Waals surface area (Å²) >= 11 is 9.44. The maximum absolute atomic E-state index is 10.5. The molecule has 0 saturated carbocycles. The Morgan fingerprint density at radius 1 is 1.06 bits per heavy atom. The minimum atomic E-state index is -0.669. The number of benzene rings is 2. The molecule has 2 aromatic carbocycles. The molecule has 1 nitrogen and oxygen atoms in total. The van der Waals surface area contributed by atoms with E-state index >= 15 is 0 Å². The molecule has 0 aliphatic rings. The summed E-state index contributed by atoms with van der Waals surface area (Å²) in [5.41, 5.74) is 3.90. The van der Waals surface area contributed by atoms with Crippen molar-refractivity contribution in [3.63, 3.8) is 0 Å². The summed E-state index contributed by atoms with van der Waals surface area (Å²) in [4.78, 5) is 0.